The second-order valence-corrected chi connectivity index (χ2v) is 5.29. The van der Waals surface area contributed by atoms with E-state index in [0.29, 0.717) is 6.04 Å². The number of halogens is 1. The summed E-state index contributed by atoms with van der Waals surface area (Å²) in [7, 11) is 1.69. The maximum Gasteiger partial charge on any atom is 0.119 e. The summed E-state index contributed by atoms with van der Waals surface area (Å²) in [4.78, 5) is 0. The van der Waals surface area contributed by atoms with Crippen molar-refractivity contribution >= 4 is 18.1 Å². The van der Waals surface area contributed by atoms with Gasteiger partial charge in [0, 0.05) is 12.6 Å². The number of aromatic nitrogens is 2. The van der Waals surface area contributed by atoms with E-state index in [1.54, 1.807) is 7.11 Å². The monoisotopic (exact) mass is 309 g/mol. The van der Waals surface area contributed by atoms with E-state index in [-0.39, 0.29) is 12.4 Å². The van der Waals surface area contributed by atoms with E-state index in [2.05, 4.69) is 41.9 Å². The lowest BCUT2D eigenvalue weighted by Gasteiger charge is -2.10. The largest absolute Gasteiger partial charge is 0.497 e. The molecule has 1 aromatic carbocycles. The van der Waals surface area contributed by atoms with Crippen molar-refractivity contribution in [1.29, 1.82) is 0 Å². The molecule has 0 aliphatic carbocycles. The van der Waals surface area contributed by atoms with Crippen molar-refractivity contribution in [3.8, 4) is 5.75 Å². The van der Waals surface area contributed by atoms with E-state index >= 15 is 0 Å². The van der Waals surface area contributed by atoms with Crippen LogP contribution in [0.3, 0.4) is 0 Å². The Morgan fingerprint density at radius 2 is 2.00 bits per heavy atom. The topological polar surface area (TPSA) is 39.1 Å². The van der Waals surface area contributed by atoms with Gasteiger partial charge in [-0.15, -0.1) is 12.4 Å². The first-order valence-electron chi connectivity index (χ1n) is 6.95. The van der Waals surface area contributed by atoms with E-state index in [0.717, 1.165) is 23.7 Å². The third-order valence-electron chi connectivity index (χ3n) is 3.42. The number of hydrogen-bond acceptors (Lipinski definition) is 3. The summed E-state index contributed by atoms with van der Waals surface area (Å²) in [6, 6.07) is 8.47. The molecule has 0 amide bonds. The minimum Gasteiger partial charge on any atom is -0.497 e. The first-order chi connectivity index (χ1) is 9.52. The molecule has 0 saturated heterocycles. The molecule has 2 rings (SSSR count). The van der Waals surface area contributed by atoms with Gasteiger partial charge in [-0.05, 0) is 45.4 Å². The highest BCUT2D eigenvalue weighted by Gasteiger charge is 2.12. The summed E-state index contributed by atoms with van der Waals surface area (Å²) < 4.78 is 7.30. The van der Waals surface area contributed by atoms with Crippen LogP contribution in [0.2, 0.25) is 0 Å². The van der Waals surface area contributed by atoms with Crippen LogP contribution in [0.5, 0.6) is 5.75 Å². The summed E-state index contributed by atoms with van der Waals surface area (Å²) in [5, 5.41) is 8.07. The summed E-state index contributed by atoms with van der Waals surface area (Å²) in [5.74, 6) is 0.885. The number of nitrogens with one attached hydrogen (secondary N) is 1. The highest BCUT2D eigenvalue weighted by molar-refractivity contribution is 5.85. The van der Waals surface area contributed by atoms with Gasteiger partial charge in [-0.3, -0.25) is 4.68 Å². The van der Waals surface area contributed by atoms with Gasteiger partial charge in [0.1, 0.15) is 5.75 Å². The number of nitrogens with zero attached hydrogens (tertiary/aromatic N) is 2. The molecule has 0 aliphatic heterocycles. The molecule has 0 aliphatic rings. The van der Waals surface area contributed by atoms with Gasteiger partial charge in [0.2, 0.25) is 0 Å². The molecule has 0 unspecified atom stereocenters. The van der Waals surface area contributed by atoms with Crippen LogP contribution in [-0.4, -0.2) is 16.9 Å². The summed E-state index contributed by atoms with van der Waals surface area (Å²) in [6.07, 6.45) is 0. The van der Waals surface area contributed by atoms with Crippen molar-refractivity contribution in [3.63, 3.8) is 0 Å². The lowest BCUT2D eigenvalue weighted by atomic mass is 10.2. The van der Waals surface area contributed by atoms with Crippen molar-refractivity contribution in [3.05, 3.63) is 41.2 Å². The lowest BCUT2D eigenvalue weighted by molar-refractivity contribution is 0.414. The first kappa shape index (κ1) is 17.4. The van der Waals surface area contributed by atoms with Gasteiger partial charge in [0.05, 0.1) is 24.2 Å². The maximum atomic E-state index is 5.25. The van der Waals surface area contributed by atoms with E-state index in [9.17, 15) is 0 Å². The molecular weight excluding hydrogens is 286 g/mol. The normalized spacial score (nSPS) is 10.4. The van der Waals surface area contributed by atoms with Crippen LogP contribution in [0.15, 0.2) is 24.3 Å². The number of methoxy groups -OCH3 is 1. The zero-order valence-corrected chi connectivity index (χ0v) is 14.1. The van der Waals surface area contributed by atoms with Gasteiger partial charge < -0.3 is 10.1 Å². The molecule has 0 fully saturated rings. The predicted molar refractivity (Wildman–Crippen MR) is 89.7 cm³/mol. The third kappa shape index (κ3) is 3.91. The van der Waals surface area contributed by atoms with Crippen molar-refractivity contribution < 1.29 is 4.74 Å². The summed E-state index contributed by atoms with van der Waals surface area (Å²) in [5.41, 5.74) is 4.54. The fraction of sp³-hybridized carbons (Fsp3) is 0.438. The molecule has 116 valence electrons. The smallest absolute Gasteiger partial charge is 0.119 e. The van der Waals surface area contributed by atoms with Crippen molar-refractivity contribution in [1.82, 2.24) is 9.78 Å². The molecule has 21 heavy (non-hydrogen) atoms. The molecular formula is C16H24ClN3O. The van der Waals surface area contributed by atoms with E-state index in [4.69, 9.17) is 4.74 Å². The molecule has 2 aromatic rings. The highest BCUT2D eigenvalue weighted by Crippen LogP contribution is 2.23. The van der Waals surface area contributed by atoms with Crippen LogP contribution in [0.25, 0.3) is 0 Å². The van der Waals surface area contributed by atoms with Crippen LogP contribution in [0, 0.1) is 13.8 Å². The molecule has 0 spiro atoms. The molecule has 0 bridgehead atoms. The molecule has 0 saturated carbocycles. The first-order valence-corrected chi connectivity index (χ1v) is 6.95. The van der Waals surface area contributed by atoms with E-state index < -0.39 is 0 Å². The minimum atomic E-state index is 0. The highest BCUT2D eigenvalue weighted by atomic mass is 35.5. The van der Waals surface area contributed by atoms with Crippen LogP contribution in [0.1, 0.15) is 36.8 Å². The van der Waals surface area contributed by atoms with Crippen molar-refractivity contribution in [2.75, 3.05) is 12.4 Å². The summed E-state index contributed by atoms with van der Waals surface area (Å²) in [6.45, 7) is 9.20. The zero-order chi connectivity index (χ0) is 14.7. The number of benzene rings is 1. The molecule has 1 heterocycles. The van der Waals surface area contributed by atoms with Crippen LogP contribution in [0.4, 0.5) is 5.69 Å². The number of hydrogen-bond donors (Lipinski definition) is 1. The second kappa shape index (κ2) is 7.36. The SMILES string of the molecule is COc1cccc(CNc2c(C)nn(C(C)C)c2C)c1.Cl. The number of aryl methyl sites for hydroxylation is 1. The predicted octanol–water partition coefficient (Wildman–Crippen LogP) is 4.12. The number of anilines is 1. The second-order valence-electron chi connectivity index (χ2n) is 5.29. The zero-order valence-electron chi connectivity index (χ0n) is 13.3. The Morgan fingerprint density at radius 3 is 2.57 bits per heavy atom. The Morgan fingerprint density at radius 1 is 1.29 bits per heavy atom. The van der Waals surface area contributed by atoms with Gasteiger partial charge in [-0.2, -0.15) is 5.10 Å². The van der Waals surface area contributed by atoms with Crippen LogP contribution >= 0.6 is 12.4 Å². The van der Waals surface area contributed by atoms with Crippen molar-refractivity contribution in [2.24, 2.45) is 0 Å². The molecule has 0 atom stereocenters. The van der Waals surface area contributed by atoms with E-state index in [1.807, 2.05) is 25.1 Å². The number of ether oxygens (including phenoxy) is 1. The molecule has 1 N–H and O–H groups in total. The molecule has 0 radical (unpaired) electrons. The van der Waals surface area contributed by atoms with Gasteiger partial charge in [0.15, 0.2) is 0 Å². The fourth-order valence-corrected chi connectivity index (χ4v) is 2.39. The average molecular weight is 310 g/mol. The van der Waals surface area contributed by atoms with Gasteiger partial charge in [-0.1, -0.05) is 12.1 Å². The maximum absolute atomic E-state index is 5.25. The van der Waals surface area contributed by atoms with Gasteiger partial charge in [-0.25, -0.2) is 0 Å². The van der Waals surface area contributed by atoms with Crippen molar-refractivity contribution in [2.45, 2.75) is 40.3 Å². The Bertz CT molecular complexity index is 593. The molecule has 1 aromatic heterocycles. The Labute approximate surface area is 132 Å². The average Bonchev–Trinajstić information content (AvgIpc) is 2.72. The Hall–Kier alpha value is -1.68. The standard InChI is InChI=1S/C16H23N3O.ClH/c1-11(2)19-13(4)16(12(3)18-19)17-10-14-7-6-8-15(9-14)20-5;/h6-9,11,17H,10H2,1-5H3;1H. The fourth-order valence-electron chi connectivity index (χ4n) is 2.39. The van der Waals surface area contributed by atoms with Crippen LogP contribution < -0.4 is 10.1 Å². The Kier molecular flexibility index (Phi) is 6.09. The summed E-state index contributed by atoms with van der Waals surface area (Å²) >= 11 is 0. The van der Waals surface area contributed by atoms with Gasteiger partial charge in [0.25, 0.3) is 0 Å². The molecule has 5 heteroatoms. The minimum absolute atomic E-state index is 0. The lowest BCUT2D eigenvalue weighted by Crippen LogP contribution is -2.06. The quantitative estimate of drug-likeness (QED) is 0.903. The van der Waals surface area contributed by atoms with E-state index in [1.165, 1.54) is 11.3 Å². The Balaban J connectivity index is 0.00000220. The third-order valence-corrected chi connectivity index (χ3v) is 3.42. The van der Waals surface area contributed by atoms with Gasteiger partial charge >= 0.3 is 0 Å². The van der Waals surface area contributed by atoms with Crippen LogP contribution in [-0.2, 0) is 6.54 Å². The molecule has 4 nitrogen and oxygen atoms in total. The number of rotatable bonds is 5.